The Morgan fingerprint density at radius 2 is 1.36 bits per heavy atom. The molecule has 0 aliphatic heterocycles. The molecule has 0 bridgehead atoms. The zero-order chi connectivity index (χ0) is 20.1. The smallest absolute Gasteiger partial charge is 0.0361 e. The van der Waals surface area contributed by atoms with Crippen LogP contribution in [0, 0.1) is 5.41 Å². The second-order valence-electron chi connectivity index (χ2n) is 7.41. The number of anilines is 2. The van der Waals surface area contributed by atoms with Crippen LogP contribution >= 0.6 is 0 Å². The summed E-state index contributed by atoms with van der Waals surface area (Å²) in [6.07, 6.45) is 8.58. The van der Waals surface area contributed by atoms with Gasteiger partial charge in [-0.2, -0.15) is 0 Å². The van der Waals surface area contributed by atoms with Crippen molar-refractivity contribution < 1.29 is 0 Å². The average Bonchev–Trinajstić information content (AvgIpc) is 2.75. The maximum absolute atomic E-state index is 5.96. The molecule has 3 rings (SSSR count). The quantitative estimate of drug-likeness (QED) is 0.722. The van der Waals surface area contributed by atoms with Gasteiger partial charge in [-0.1, -0.05) is 48.6 Å². The first-order chi connectivity index (χ1) is 13.5. The Kier molecular flexibility index (Phi) is 6.02. The fraction of sp³-hybridized carbons (Fsp3) is 0.250. The van der Waals surface area contributed by atoms with Crippen LogP contribution in [0.1, 0.15) is 11.1 Å². The highest BCUT2D eigenvalue weighted by Gasteiger charge is 2.23. The second-order valence-corrected chi connectivity index (χ2v) is 7.41. The minimum absolute atomic E-state index is 0.251. The van der Waals surface area contributed by atoms with Crippen LogP contribution in [0.25, 0.3) is 5.57 Å². The van der Waals surface area contributed by atoms with Gasteiger partial charge in [-0.05, 0) is 46.5 Å². The summed E-state index contributed by atoms with van der Waals surface area (Å²) >= 11 is 0. The van der Waals surface area contributed by atoms with Crippen molar-refractivity contribution in [3.8, 4) is 0 Å². The Labute approximate surface area is 168 Å². The molecule has 0 atom stereocenters. The third-order valence-electron chi connectivity index (χ3n) is 5.37. The standard InChI is InChI=1S/C24H30N4/c1-27-21-8-4-18(5-9-21)23(19-6-10-22(11-7-19)28(2)3)20-12-14-24(16-25,17-26)15-13-20/h4-15,27H,16-17,25-26H2,1-3H3. The van der Waals surface area contributed by atoms with Gasteiger partial charge in [-0.25, -0.2) is 0 Å². The second kappa shape index (κ2) is 8.46. The lowest BCUT2D eigenvalue weighted by molar-refractivity contribution is 0.515. The van der Waals surface area contributed by atoms with Crippen LogP contribution in [0.5, 0.6) is 0 Å². The average molecular weight is 375 g/mol. The first kappa shape index (κ1) is 19.9. The molecule has 0 saturated carbocycles. The van der Waals surface area contributed by atoms with E-state index in [4.69, 9.17) is 11.5 Å². The molecule has 2 aromatic rings. The monoisotopic (exact) mass is 374 g/mol. The predicted octanol–water partition coefficient (Wildman–Crippen LogP) is 3.63. The lowest BCUT2D eigenvalue weighted by Crippen LogP contribution is -2.35. The third-order valence-corrected chi connectivity index (χ3v) is 5.37. The van der Waals surface area contributed by atoms with E-state index in [0.29, 0.717) is 13.1 Å². The van der Waals surface area contributed by atoms with Crippen LogP contribution in [0.3, 0.4) is 0 Å². The van der Waals surface area contributed by atoms with Crippen LogP contribution in [0.2, 0.25) is 0 Å². The van der Waals surface area contributed by atoms with Crippen LogP contribution in [0.4, 0.5) is 11.4 Å². The van der Waals surface area contributed by atoms with Gasteiger partial charge in [0, 0.05) is 51.0 Å². The Hall–Kier alpha value is -2.82. The molecule has 0 radical (unpaired) electrons. The number of hydrogen-bond donors (Lipinski definition) is 3. The maximum atomic E-state index is 5.96. The summed E-state index contributed by atoms with van der Waals surface area (Å²) in [5, 5.41) is 3.18. The first-order valence-electron chi connectivity index (χ1n) is 9.61. The molecule has 0 fully saturated rings. The molecular weight excluding hydrogens is 344 g/mol. The van der Waals surface area contributed by atoms with Crippen molar-refractivity contribution in [3.63, 3.8) is 0 Å². The van der Waals surface area contributed by atoms with Crippen molar-refractivity contribution in [2.24, 2.45) is 16.9 Å². The van der Waals surface area contributed by atoms with Gasteiger partial charge >= 0.3 is 0 Å². The molecule has 0 heterocycles. The summed E-state index contributed by atoms with van der Waals surface area (Å²) in [6.45, 7) is 1.01. The molecule has 0 aromatic heterocycles. The van der Waals surface area contributed by atoms with Gasteiger partial charge in [0.15, 0.2) is 0 Å². The Morgan fingerprint density at radius 1 is 0.857 bits per heavy atom. The number of allylic oxidation sites excluding steroid dienone is 3. The molecule has 0 spiro atoms. The van der Waals surface area contributed by atoms with Crippen molar-refractivity contribution in [3.05, 3.63) is 89.5 Å². The van der Waals surface area contributed by atoms with Crippen molar-refractivity contribution >= 4 is 16.9 Å². The lowest BCUT2D eigenvalue weighted by atomic mass is 9.81. The molecule has 0 unspecified atom stereocenters. The van der Waals surface area contributed by atoms with Crippen molar-refractivity contribution in [1.82, 2.24) is 0 Å². The number of nitrogens with two attached hydrogens (primary N) is 2. The molecule has 1 aliphatic rings. The summed E-state index contributed by atoms with van der Waals surface area (Å²) in [5.41, 5.74) is 18.7. The predicted molar refractivity (Wildman–Crippen MR) is 122 cm³/mol. The molecule has 0 saturated heterocycles. The molecule has 4 nitrogen and oxygen atoms in total. The number of nitrogens with one attached hydrogen (secondary N) is 1. The largest absolute Gasteiger partial charge is 0.388 e. The highest BCUT2D eigenvalue weighted by atomic mass is 15.1. The number of rotatable bonds is 6. The van der Waals surface area contributed by atoms with Gasteiger partial charge in [-0.3, -0.25) is 0 Å². The van der Waals surface area contributed by atoms with Gasteiger partial charge in [0.1, 0.15) is 0 Å². The van der Waals surface area contributed by atoms with E-state index in [2.05, 4.69) is 97.1 Å². The zero-order valence-corrected chi connectivity index (χ0v) is 16.9. The molecule has 0 amide bonds. The normalized spacial score (nSPS) is 14.8. The molecular formula is C24H30N4. The molecule has 1 aliphatic carbocycles. The van der Waals surface area contributed by atoms with Gasteiger partial charge in [-0.15, -0.1) is 0 Å². The molecule has 146 valence electrons. The van der Waals surface area contributed by atoms with Crippen LogP contribution in [-0.2, 0) is 0 Å². The van der Waals surface area contributed by atoms with E-state index in [9.17, 15) is 0 Å². The van der Waals surface area contributed by atoms with Crippen molar-refractivity contribution in [2.45, 2.75) is 0 Å². The van der Waals surface area contributed by atoms with E-state index in [1.165, 1.54) is 22.4 Å². The number of nitrogens with zero attached hydrogens (tertiary/aromatic N) is 1. The summed E-state index contributed by atoms with van der Waals surface area (Å²) < 4.78 is 0. The summed E-state index contributed by atoms with van der Waals surface area (Å²) in [5.74, 6) is 0. The van der Waals surface area contributed by atoms with Crippen molar-refractivity contribution in [1.29, 1.82) is 0 Å². The summed E-state index contributed by atoms with van der Waals surface area (Å²) in [4.78, 5) is 2.11. The van der Waals surface area contributed by atoms with E-state index in [0.717, 1.165) is 11.3 Å². The van der Waals surface area contributed by atoms with Crippen LogP contribution in [-0.4, -0.2) is 34.2 Å². The fourth-order valence-corrected chi connectivity index (χ4v) is 3.37. The highest BCUT2D eigenvalue weighted by Crippen LogP contribution is 2.34. The Bertz CT molecular complexity index is 865. The summed E-state index contributed by atoms with van der Waals surface area (Å²) in [6, 6.07) is 17.2. The Balaban J connectivity index is 2.11. The van der Waals surface area contributed by atoms with E-state index in [-0.39, 0.29) is 5.41 Å². The SMILES string of the molecule is CNc1ccc(C(=C2C=CC(CN)(CN)C=C2)c2ccc(N(C)C)cc2)cc1. The topological polar surface area (TPSA) is 67.3 Å². The minimum atomic E-state index is -0.251. The summed E-state index contributed by atoms with van der Waals surface area (Å²) in [7, 11) is 6.04. The number of benzene rings is 2. The fourth-order valence-electron chi connectivity index (χ4n) is 3.37. The van der Waals surface area contributed by atoms with Gasteiger partial charge in [0.2, 0.25) is 0 Å². The van der Waals surface area contributed by atoms with Crippen LogP contribution in [0.15, 0.2) is 78.4 Å². The minimum Gasteiger partial charge on any atom is -0.388 e. The van der Waals surface area contributed by atoms with Crippen LogP contribution < -0.4 is 21.7 Å². The third kappa shape index (κ3) is 4.03. The van der Waals surface area contributed by atoms with Gasteiger partial charge < -0.3 is 21.7 Å². The van der Waals surface area contributed by atoms with E-state index in [1.807, 2.05) is 7.05 Å². The van der Waals surface area contributed by atoms with E-state index >= 15 is 0 Å². The van der Waals surface area contributed by atoms with Gasteiger partial charge in [0.05, 0.1) is 0 Å². The molecule has 2 aromatic carbocycles. The van der Waals surface area contributed by atoms with E-state index < -0.39 is 0 Å². The number of hydrogen-bond acceptors (Lipinski definition) is 4. The highest BCUT2D eigenvalue weighted by molar-refractivity contribution is 5.86. The lowest BCUT2D eigenvalue weighted by Gasteiger charge is -2.27. The first-order valence-corrected chi connectivity index (χ1v) is 9.61. The molecule has 4 heteroatoms. The van der Waals surface area contributed by atoms with E-state index in [1.54, 1.807) is 0 Å². The molecule has 28 heavy (non-hydrogen) atoms. The maximum Gasteiger partial charge on any atom is 0.0361 e. The van der Waals surface area contributed by atoms with Crippen molar-refractivity contribution in [2.75, 3.05) is 44.4 Å². The van der Waals surface area contributed by atoms with Gasteiger partial charge in [0.25, 0.3) is 0 Å². The molecule has 5 N–H and O–H groups in total. The Morgan fingerprint density at radius 3 is 1.79 bits per heavy atom. The zero-order valence-electron chi connectivity index (χ0n) is 16.9.